The van der Waals surface area contributed by atoms with Gasteiger partial charge < -0.3 is 9.47 Å². The van der Waals surface area contributed by atoms with Gasteiger partial charge in [0.1, 0.15) is 12.4 Å². The van der Waals surface area contributed by atoms with Gasteiger partial charge in [0.2, 0.25) is 0 Å². The van der Waals surface area contributed by atoms with E-state index in [0.29, 0.717) is 33.0 Å². The maximum Gasteiger partial charge on any atom is 0.338 e. The van der Waals surface area contributed by atoms with Gasteiger partial charge in [0, 0.05) is 20.5 Å². The van der Waals surface area contributed by atoms with Crippen molar-refractivity contribution in [3.05, 3.63) is 155 Å². The summed E-state index contributed by atoms with van der Waals surface area (Å²) in [5, 5.41) is 0. The molecule has 226 valence electrons. The highest BCUT2D eigenvalue weighted by atomic mass is 79.9. The lowest BCUT2D eigenvalue weighted by atomic mass is 9.93. The van der Waals surface area contributed by atoms with Gasteiger partial charge in [-0.1, -0.05) is 100 Å². The Labute approximate surface area is 277 Å². The van der Waals surface area contributed by atoms with Gasteiger partial charge in [-0.05, 0) is 60.7 Å². The second-order valence-corrected chi connectivity index (χ2v) is 13.0. The molecule has 0 saturated carbocycles. The van der Waals surface area contributed by atoms with Gasteiger partial charge >= 0.3 is 5.97 Å². The fourth-order valence-electron chi connectivity index (χ4n) is 5.16. The molecule has 0 radical (unpaired) electrons. The van der Waals surface area contributed by atoms with Gasteiger partial charge in [0.15, 0.2) is 4.80 Å². The van der Waals surface area contributed by atoms with Crippen molar-refractivity contribution >= 4 is 56.8 Å². The Morgan fingerprint density at radius 3 is 2.40 bits per heavy atom. The zero-order valence-electron chi connectivity index (χ0n) is 24.6. The third-order valence-corrected chi connectivity index (χ3v) is 9.57. The summed E-state index contributed by atoms with van der Waals surface area (Å²) >= 11 is 6.39. The van der Waals surface area contributed by atoms with Crippen molar-refractivity contribution in [3.8, 4) is 5.75 Å². The molecule has 0 fully saturated rings. The molecule has 0 bridgehead atoms. The molecule has 1 aliphatic rings. The van der Waals surface area contributed by atoms with Crippen molar-refractivity contribution < 1.29 is 14.3 Å². The SMILES string of the molecule is CCOC(=O)C1=C(c2ccccc2)N=c2s/c(=C\c3ccccc3OCc3ccc(Br)cc3)c(=O)n2[C@H]1c1ccc(SC)cc1. The number of carbonyl (C=O) groups is 1. The molecule has 45 heavy (non-hydrogen) atoms. The van der Waals surface area contributed by atoms with E-state index in [1.807, 2.05) is 115 Å². The monoisotopic (exact) mass is 696 g/mol. The van der Waals surface area contributed by atoms with Crippen LogP contribution >= 0.6 is 39.0 Å². The van der Waals surface area contributed by atoms with Crippen LogP contribution in [0.2, 0.25) is 0 Å². The lowest BCUT2D eigenvalue weighted by molar-refractivity contribution is -0.138. The average molecular weight is 698 g/mol. The number of halogens is 1. The normalized spacial score (nSPS) is 14.6. The van der Waals surface area contributed by atoms with E-state index in [9.17, 15) is 9.59 Å². The quantitative estimate of drug-likeness (QED) is 0.123. The molecule has 5 aromatic rings. The number of para-hydroxylation sites is 1. The van der Waals surface area contributed by atoms with Crippen LogP contribution in [0.25, 0.3) is 11.8 Å². The number of fused-ring (bicyclic) bond motifs is 1. The average Bonchev–Trinajstić information content (AvgIpc) is 3.38. The van der Waals surface area contributed by atoms with E-state index >= 15 is 0 Å². The number of thiazole rings is 1. The van der Waals surface area contributed by atoms with E-state index in [1.165, 1.54) is 11.3 Å². The summed E-state index contributed by atoms with van der Waals surface area (Å²) in [6.07, 6.45) is 3.85. The number of thioether (sulfide) groups is 1. The number of hydrogen-bond donors (Lipinski definition) is 0. The molecule has 0 N–H and O–H groups in total. The Morgan fingerprint density at radius 1 is 0.978 bits per heavy atom. The summed E-state index contributed by atoms with van der Waals surface area (Å²) in [6, 6.07) is 32.4. The highest BCUT2D eigenvalue weighted by Gasteiger charge is 2.35. The Hall–Kier alpha value is -4.18. The van der Waals surface area contributed by atoms with Gasteiger partial charge in [-0.2, -0.15) is 0 Å². The lowest BCUT2D eigenvalue weighted by Crippen LogP contribution is -2.40. The molecule has 9 heteroatoms. The minimum absolute atomic E-state index is 0.198. The predicted octanol–water partition coefficient (Wildman–Crippen LogP) is 7.00. The molecule has 0 aliphatic carbocycles. The molecule has 4 aromatic carbocycles. The molecule has 0 spiro atoms. The maximum atomic E-state index is 14.3. The molecule has 1 aromatic heterocycles. The van der Waals surface area contributed by atoms with Crippen molar-refractivity contribution in [1.82, 2.24) is 4.57 Å². The van der Waals surface area contributed by atoms with E-state index in [4.69, 9.17) is 14.5 Å². The van der Waals surface area contributed by atoms with Crippen molar-refractivity contribution in [3.63, 3.8) is 0 Å². The van der Waals surface area contributed by atoms with Crippen molar-refractivity contribution in [1.29, 1.82) is 0 Å². The fraction of sp³-hybridized carbons (Fsp3) is 0.139. The summed E-state index contributed by atoms with van der Waals surface area (Å²) < 4.78 is 14.9. The molecule has 0 unspecified atom stereocenters. The van der Waals surface area contributed by atoms with Gasteiger partial charge in [0.25, 0.3) is 5.56 Å². The van der Waals surface area contributed by atoms with Crippen molar-refractivity contribution in [2.24, 2.45) is 4.99 Å². The third kappa shape index (κ3) is 6.61. The smallest absolute Gasteiger partial charge is 0.338 e. The molecule has 6 nitrogen and oxygen atoms in total. The zero-order chi connectivity index (χ0) is 31.3. The highest BCUT2D eigenvalue weighted by molar-refractivity contribution is 9.10. The molecule has 2 heterocycles. The Balaban J connectivity index is 1.51. The third-order valence-electron chi connectivity index (χ3n) is 7.32. The Morgan fingerprint density at radius 2 is 1.69 bits per heavy atom. The van der Waals surface area contributed by atoms with Crippen LogP contribution in [0.1, 0.15) is 35.2 Å². The molecule has 6 rings (SSSR count). The zero-order valence-corrected chi connectivity index (χ0v) is 27.8. The lowest BCUT2D eigenvalue weighted by Gasteiger charge is -2.26. The van der Waals surface area contributed by atoms with Gasteiger partial charge in [-0.3, -0.25) is 9.36 Å². The predicted molar refractivity (Wildman–Crippen MR) is 184 cm³/mol. The van der Waals surface area contributed by atoms with Crippen LogP contribution in [0.4, 0.5) is 0 Å². The summed E-state index contributed by atoms with van der Waals surface area (Å²) in [6.45, 7) is 2.35. The van der Waals surface area contributed by atoms with Crippen molar-refractivity contribution in [2.45, 2.75) is 24.5 Å². The van der Waals surface area contributed by atoms with E-state index in [-0.39, 0.29) is 12.2 Å². The Kier molecular flexibility index (Phi) is 9.49. The largest absolute Gasteiger partial charge is 0.488 e. The number of nitrogens with zero attached hydrogens (tertiary/aromatic N) is 2. The van der Waals surface area contributed by atoms with Crippen LogP contribution in [0.15, 0.2) is 128 Å². The number of benzene rings is 4. The molecule has 1 aliphatic heterocycles. The van der Waals surface area contributed by atoms with Crippen molar-refractivity contribution in [2.75, 3.05) is 12.9 Å². The topological polar surface area (TPSA) is 69.9 Å². The molecular weight excluding hydrogens is 668 g/mol. The van der Waals surface area contributed by atoms with E-state index < -0.39 is 12.0 Å². The number of hydrogen-bond acceptors (Lipinski definition) is 7. The maximum absolute atomic E-state index is 14.3. The van der Waals surface area contributed by atoms with Crippen LogP contribution < -0.4 is 19.6 Å². The number of esters is 1. The highest BCUT2D eigenvalue weighted by Crippen LogP contribution is 2.35. The van der Waals surface area contributed by atoms with E-state index in [1.54, 1.807) is 23.3 Å². The first-order chi connectivity index (χ1) is 22.0. The summed E-state index contributed by atoms with van der Waals surface area (Å²) in [5.41, 5.74) is 3.96. The number of aromatic nitrogens is 1. The minimum atomic E-state index is -0.725. The van der Waals surface area contributed by atoms with Crippen LogP contribution in [-0.4, -0.2) is 23.4 Å². The molecule has 0 saturated heterocycles. The molecule has 0 amide bonds. The standard InChI is InChI=1S/C36H29BrN2O4S2/c1-3-42-35(41)31-32(24-9-5-4-6-10-24)38-36-39(33(31)25-15-19-28(44-2)20-16-25)34(40)30(45-36)21-26-11-7-8-12-29(26)43-22-23-13-17-27(37)18-14-23/h4-21,33H,3,22H2,1-2H3/b30-21-/t33-/m0/s1. The molecular formula is C36H29BrN2O4S2. The number of ether oxygens (including phenoxy) is 2. The van der Waals surface area contributed by atoms with Crippen LogP contribution in [0, 0.1) is 0 Å². The van der Waals surface area contributed by atoms with Gasteiger partial charge in [-0.25, -0.2) is 9.79 Å². The summed E-state index contributed by atoms with van der Waals surface area (Å²) in [7, 11) is 0. The first-order valence-corrected chi connectivity index (χ1v) is 17.2. The summed E-state index contributed by atoms with van der Waals surface area (Å²) in [4.78, 5) is 34.5. The van der Waals surface area contributed by atoms with Gasteiger partial charge in [-0.15, -0.1) is 11.8 Å². The first kappa shape index (κ1) is 30.8. The first-order valence-electron chi connectivity index (χ1n) is 14.4. The van der Waals surface area contributed by atoms with Gasteiger partial charge in [0.05, 0.1) is 28.5 Å². The Bertz CT molecular complexity index is 2050. The summed E-state index contributed by atoms with van der Waals surface area (Å²) in [5.74, 6) is 0.160. The number of rotatable bonds is 9. The van der Waals surface area contributed by atoms with E-state index in [2.05, 4.69) is 15.9 Å². The van der Waals surface area contributed by atoms with E-state index in [0.717, 1.165) is 31.6 Å². The number of carbonyl (C=O) groups excluding carboxylic acids is 1. The second kappa shape index (κ2) is 13.9. The minimum Gasteiger partial charge on any atom is -0.488 e. The van der Waals surface area contributed by atoms with Crippen LogP contribution in [-0.2, 0) is 16.1 Å². The van der Waals surface area contributed by atoms with Crippen LogP contribution in [0.3, 0.4) is 0 Å². The fourth-order valence-corrected chi connectivity index (χ4v) is 6.82. The molecule has 1 atom stereocenters. The van der Waals surface area contributed by atoms with Crippen LogP contribution in [0.5, 0.6) is 5.75 Å². The second-order valence-electron chi connectivity index (χ2n) is 10.2.